The molecule has 2 rings (SSSR count). The SMILES string of the molecule is COC(=O)c1ccc(/C=C/C(=O)NCC(=O)Nc2cn[nH]c2)cc1. The van der Waals surface area contributed by atoms with Gasteiger partial charge in [0.1, 0.15) is 0 Å². The van der Waals surface area contributed by atoms with E-state index in [0.717, 1.165) is 5.56 Å². The Hall–Kier alpha value is -3.42. The van der Waals surface area contributed by atoms with E-state index in [1.807, 2.05) is 0 Å². The highest BCUT2D eigenvalue weighted by Gasteiger charge is 2.05. The first-order chi connectivity index (χ1) is 11.6. The minimum atomic E-state index is -0.424. The Balaban J connectivity index is 1.80. The molecule has 2 amide bonds. The number of H-pyrrole nitrogens is 1. The smallest absolute Gasteiger partial charge is 0.337 e. The fraction of sp³-hybridized carbons (Fsp3) is 0.125. The zero-order chi connectivity index (χ0) is 17.4. The summed E-state index contributed by atoms with van der Waals surface area (Å²) in [6, 6.07) is 6.56. The quantitative estimate of drug-likeness (QED) is 0.540. The van der Waals surface area contributed by atoms with Gasteiger partial charge in [-0.05, 0) is 23.8 Å². The largest absolute Gasteiger partial charge is 0.465 e. The molecule has 2 aromatic rings. The van der Waals surface area contributed by atoms with Gasteiger partial charge >= 0.3 is 5.97 Å². The molecule has 124 valence electrons. The molecule has 1 aromatic carbocycles. The Bertz CT molecular complexity index is 736. The van der Waals surface area contributed by atoms with Gasteiger partial charge in [-0.25, -0.2) is 4.79 Å². The number of hydrogen-bond acceptors (Lipinski definition) is 5. The van der Waals surface area contributed by atoms with E-state index in [1.165, 1.54) is 25.6 Å². The maximum atomic E-state index is 11.7. The van der Waals surface area contributed by atoms with Crippen molar-refractivity contribution in [2.75, 3.05) is 19.0 Å². The highest BCUT2D eigenvalue weighted by molar-refractivity contribution is 5.98. The van der Waals surface area contributed by atoms with Crippen molar-refractivity contribution < 1.29 is 19.1 Å². The molecule has 1 aromatic heterocycles. The zero-order valence-corrected chi connectivity index (χ0v) is 12.9. The number of anilines is 1. The topological polar surface area (TPSA) is 113 Å². The lowest BCUT2D eigenvalue weighted by Gasteiger charge is -2.03. The lowest BCUT2D eigenvalue weighted by atomic mass is 10.1. The summed E-state index contributed by atoms with van der Waals surface area (Å²) in [5.74, 6) is -1.19. The zero-order valence-electron chi connectivity index (χ0n) is 12.9. The third kappa shape index (κ3) is 5.09. The van der Waals surface area contributed by atoms with Gasteiger partial charge in [-0.2, -0.15) is 5.10 Å². The van der Waals surface area contributed by atoms with Crippen LogP contribution in [0, 0.1) is 0 Å². The summed E-state index contributed by atoms with van der Waals surface area (Å²) in [7, 11) is 1.31. The number of rotatable bonds is 6. The van der Waals surface area contributed by atoms with Crippen molar-refractivity contribution in [2.24, 2.45) is 0 Å². The average Bonchev–Trinajstić information content (AvgIpc) is 3.10. The van der Waals surface area contributed by atoms with E-state index in [1.54, 1.807) is 30.3 Å². The standard InChI is InChI=1S/C16H16N4O4/c1-24-16(23)12-5-2-11(3-6-12)4-7-14(21)17-10-15(22)20-13-8-18-19-9-13/h2-9H,10H2,1H3,(H,17,21)(H,18,19)(H,20,22)/b7-4+. The molecule has 0 aliphatic rings. The second kappa shape index (κ2) is 8.28. The van der Waals surface area contributed by atoms with Crippen molar-refractivity contribution in [1.29, 1.82) is 0 Å². The van der Waals surface area contributed by atoms with Crippen LogP contribution in [0.2, 0.25) is 0 Å². The van der Waals surface area contributed by atoms with Gasteiger partial charge in [-0.3, -0.25) is 14.7 Å². The molecule has 0 saturated heterocycles. The second-order valence-corrected chi connectivity index (χ2v) is 4.70. The van der Waals surface area contributed by atoms with E-state index >= 15 is 0 Å². The predicted molar refractivity (Wildman–Crippen MR) is 87.0 cm³/mol. The highest BCUT2D eigenvalue weighted by atomic mass is 16.5. The number of nitrogens with zero attached hydrogens (tertiary/aromatic N) is 1. The van der Waals surface area contributed by atoms with Gasteiger partial charge < -0.3 is 15.4 Å². The van der Waals surface area contributed by atoms with Crippen molar-refractivity contribution in [3.63, 3.8) is 0 Å². The first-order valence-electron chi connectivity index (χ1n) is 7.01. The molecule has 0 aliphatic heterocycles. The Morgan fingerprint density at radius 1 is 1.25 bits per heavy atom. The number of methoxy groups -OCH3 is 1. The van der Waals surface area contributed by atoms with Crippen LogP contribution < -0.4 is 10.6 Å². The van der Waals surface area contributed by atoms with E-state index in [-0.39, 0.29) is 12.5 Å². The number of carbonyl (C=O) groups excluding carboxylic acids is 3. The van der Waals surface area contributed by atoms with Crippen molar-refractivity contribution in [1.82, 2.24) is 15.5 Å². The highest BCUT2D eigenvalue weighted by Crippen LogP contribution is 2.07. The fourth-order valence-corrected chi connectivity index (χ4v) is 1.77. The molecule has 8 nitrogen and oxygen atoms in total. The summed E-state index contributed by atoms with van der Waals surface area (Å²) in [5, 5.41) is 11.3. The van der Waals surface area contributed by atoms with Crippen LogP contribution in [-0.2, 0) is 14.3 Å². The first kappa shape index (κ1) is 16.9. The Kier molecular flexibility index (Phi) is 5.84. The molecule has 0 atom stereocenters. The number of ether oxygens (including phenoxy) is 1. The van der Waals surface area contributed by atoms with E-state index in [2.05, 4.69) is 25.6 Å². The molecule has 0 unspecified atom stereocenters. The van der Waals surface area contributed by atoms with Crippen LogP contribution in [-0.4, -0.2) is 41.6 Å². The van der Waals surface area contributed by atoms with Crippen LogP contribution in [0.4, 0.5) is 5.69 Å². The van der Waals surface area contributed by atoms with Gasteiger partial charge in [0.05, 0.1) is 31.1 Å². The van der Waals surface area contributed by atoms with Crippen molar-refractivity contribution in [2.45, 2.75) is 0 Å². The average molecular weight is 328 g/mol. The summed E-state index contributed by atoms with van der Waals surface area (Å²) < 4.78 is 4.60. The molecule has 1 heterocycles. The molecule has 0 radical (unpaired) electrons. The molecule has 0 spiro atoms. The Morgan fingerprint density at radius 2 is 2.00 bits per heavy atom. The molecule has 0 saturated carbocycles. The lowest BCUT2D eigenvalue weighted by Crippen LogP contribution is -2.31. The van der Waals surface area contributed by atoms with E-state index < -0.39 is 11.9 Å². The third-order valence-corrected chi connectivity index (χ3v) is 2.96. The van der Waals surface area contributed by atoms with Gasteiger partial charge in [-0.15, -0.1) is 0 Å². The van der Waals surface area contributed by atoms with E-state index in [9.17, 15) is 14.4 Å². The number of esters is 1. The lowest BCUT2D eigenvalue weighted by molar-refractivity contribution is -0.121. The summed E-state index contributed by atoms with van der Waals surface area (Å²) in [5.41, 5.74) is 1.69. The van der Waals surface area contributed by atoms with Gasteiger partial charge in [0, 0.05) is 12.3 Å². The van der Waals surface area contributed by atoms with Crippen LogP contribution in [0.25, 0.3) is 6.08 Å². The maximum Gasteiger partial charge on any atom is 0.337 e. The number of nitrogens with one attached hydrogen (secondary N) is 3. The van der Waals surface area contributed by atoms with Gasteiger partial charge in [0.25, 0.3) is 0 Å². The van der Waals surface area contributed by atoms with Crippen LogP contribution in [0.15, 0.2) is 42.7 Å². The minimum Gasteiger partial charge on any atom is -0.465 e. The number of carbonyl (C=O) groups is 3. The van der Waals surface area contributed by atoms with Crippen LogP contribution >= 0.6 is 0 Å². The molecule has 3 N–H and O–H groups in total. The Labute approximate surface area is 137 Å². The van der Waals surface area contributed by atoms with Crippen molar-refractivity contribution in [3.05, 3.63) is 53.9 Å². The second-order valence-electron chi connectivity index (χ2n) is 4.70. The molecule has 0 bridgehead atoms. The van der Waals surface area contributed by atoms with Gasteiger partial charge in [0.15, 0.2) is 0 Å². The summed E-state index contributed by atoms with van der Waals surface area (Å²) >= 11 is 0. The third-order valence-electron chi connectivity index (χ3n) is 2.96. The predicted octanol–water partition coefficient (Wildman–Crippen LogP) is 0.964. The number of benzene rings is 1. The summed E-state index contributed by atoms with van der Waals surface area (Å²) in [4.78, 5) is 34.6. The number of aromatic amines is 1. The van der Waals surface area contributed by atoms with Crippen LogP contribution in [0.5, 0.6) is 0 Å². The molecule has 0 aliphatic carbocycles. The molecular formula is C16H16N4O4. The number of aromatic nitrogens is 2. The van der Waals surface area contributed by atoms with Crippen LogP contribution in [0.1, 0.15) is 15.9 Å². The normalized spacial score (nSPS) is 10.4. The molecule has 24 heavy (non-hydrogen) atoms. The number of amides is 2. The van der Waals surface area contributed by atoms with Crippen molar-refractivity contribution >= 4 is 29.5 Å². The fourth-order valence-electron chi connectivity index (χ4n) is 1.77. The van der Waals surface area contributed by atoms with E-state index in [4.69, 9.17) is 0 Å². The summed E-state index contributed by atoms with van der Waals surface area (Å²) in [6.45, 7) is -0.157. The van der Waals surface area contributed by atoms with Crippen molar-refractivity contribution in [3.8, 4) is 0 Å². The Morgan fingerprint density at radius 3 is 2.62 bits per heavy atom. The monoisotopic (exact) mass is 328 g/mol. The van der Waals surface area contributed by atoms with Crippen LogP contribution in [0.3, 0.4) is 0 Å². The van der Waals surface area contributed by atoms with E-state index in [0.29, 0.717) is 11.3 Å². The number of hydrogen-bond donors (Lipinski definition) is 3. The molecule has 8 heteroatoms. The van der Waals surface area contributed by atoms with Gasteiger partial charge in [-0.1, -0.05) is 12.1 Å². The minimum absolute atomic E-state index is 0.157. The molecule has 0 fully saturated rings. The maximum absolute atomic E-state index is 11.7. The van der Waals surface area contributed by atoms with Gasteiger partial charge in [0.2, 0.25) is 11.8 Å². The summed E-state index contributed by atoms with van der Waals surface area (Å²) in [6.07, 6.45) is 5.86. The first-order valence-corrected chi connectivity index (χ1v) is 7.01. The molecular weight excluding hydrogens is 312 g/mol.